The van der Waals surface area contributed by atoms with Gasteiger partial charge in [-0.2, -0.15) is 0 Å². The molecule has 5 nitrogen and oxygen atoms in total. The van der Waals surface area contributed by atoms with Crippen LogP contribution in [0.4, 0.5) is 10.5 Å². The van der Waals surface area contributed by atoms with Gasteiger partial charge in [-0.05, 0) is 44.5 Å². The van der Waals surface area contributed by atoms with E-state index in [2.05, 4.69) is 26.6 Å². The molecule has 0 radical (unpaired) electrons. The lowest BCUT2D eigenvalue weighted by atomic mass is 10.1. The first-order chi connectivity index (χ1) is 12.2. The summed E-state index contributed by atoms with van der Waals surface area (Å²) in [4.78, 5) is 24.9. The molecule has 0 heterocycles. The molecule has 2 rings (SSSR count). The second kappa shape index (κ2) is 8.85. The Morgan fingerprint density at radius 2 is 1.77 bits per heavy atom. The van der Waals surface area contributed by atoms with E-state index in [0.29, 0.717) is 12.1 Å². The highest BCUT2D eigenvalue weighted by molar-refractivity contribution is 9.10. The summed E-state index contributed by atoms with van der Waals surface area (Å²) in [7, 11) is 0. The van der Waals surface area contributed by atoms with Gasteiger partial charge in [-0.1, -0.05) is 52.3 Å². The summed E-state index contributed by atoms with van der Waals surface area (Å²) in [6, 6.07) is 16.0. The van der Waals surface area contributed by atoms with Crippen LogP contribution >= 0.6 is 15.9 Å². The Labute approximate surface area is 162 Å². The molecule has 0 spiro atoms. The van der Waals surface area contributed by atoms with Gasteiger partial charge in [0, 0.05) is 16.6 Å². The maximum absolute atomic E-state index is 12.7. The Morgan fingerprint density at radius 3 is 2.38 bits per heavy atom. The number of alkyl carbamates (subject to hydrolysis) is 1. The Bertz CT molecular complexity index is 757. The average Bonchev–Trinajstić information content (AvgIpc) is 2.53. The molecular formula is C20H23BrN2O3. The lowest BCUT2D eigenvalue weighted by Gasteiger charge is -2.23. The first-order valence-electron chi connectivity index (χ1n) is 8.33. The number of rotatable bonds is 5. The van der Waals surface area contributed by atoms with Crippen molar-refractivity contribution in [2.75, 3.05) is 5.32 Å². The van der Waals surface area contributed by atoms with Gasteiger partial charge in [0.15, 0.2) is 0 Å². The van der Waals surface area contributed by atoms with Gasteiger partial charge in [-0.3, -0.25) is 4.79 Å². The van der Waals surface area contributed by atoms with Crippen molar-refractivity contribution in [1.29, 1.82) is 0 Å². The number of benzene rings is 2. The number of carbonyl (C=O) groups excluding carboxylic acids is 2. The summed E-state index contributed by atoms with van der Waals surface area (Å²) in [5, 5.41) is 5.50. The number of halogens is 1. The van der Waals surface area contributed by atoms with E-state index in [1.165, 1.54) is 0 Å². The number of carbonyl (C=O) groups is 2. The average molecular weight is 419 g/mol. The van der Waals surface area contributed by atoms with Crippen LogP contribution in [0.25, 0.3) is 0 Å². The normalized spacial score (nSPS) is 12.2. The highest BCUT2D eigenvalue weighted by Gasteiger charge is 2.24. The van der Waals surface area contributed by atoms with Crippen LogP contribution < -0.4 is 10.6 Å². The number of hydrogen-bond acceptors (Lipinski definition) is 3. The Morgan fingerprint density at radius 1 is 1.08 bits per heavy atom. The van der Waals surface area contributed by atoms with Crippen molar-refractivity contribution >= 4 is 33.6 Å². The summed E-state index contributed by atoms with van der Waals surface area (Å²) in [5.41, 5.74) is 0.952. The summed E-state index contributed by atoms with van der Waals surface area (Å²) >= 11 is 3.38. The topological polar surface area (TPSA) is 67.4 Å². The van der Waals surface area contributed by atoms with Gasteiger partial charge in [0.1, 0.15) is 11.6 Å². The van der Waals surface area contributed by atoms with Gasteiger partial charge < -0.3 is 15.4 Å². The first-order valence-corrected chi connectivity index (χ1v) is 9.12. The zero-order valence-corrected chi connectivity index (χ0v) is 16.7. The van der Waals surface area contributed by atoms with E-state index in [4.69, 9.17) is 4.74 Å². The fourth-order valence-electron chi connectivity index (χ4n) is 2.30. The third-order valence-corrected chi connectivity index (χ3v) is 3.88. The van der Waals surface area contributed by atoms with Gasteiger partial charge in [-0.25, -0.2) is 4.79 Å². The Kier molecular flexibility index (Phi) is 6.80. The summed E-state index contributed by atoms with van der Waals surface area (Å²) < 4.78 is 6.14. The Balaban J connectivity index is 2.13. The predicted molar refractivity (Wildman–Crippen MR) is 106 cm³/mol. The molecule has 0 fully saturated rings. The molecule has 0 aromatic heterocycles. The number of ether oxygens (including phenoxy) is 1. The van der Waals surface area contributed by atoms with E-state index in [-0.39, 0.29) is 5.91 Å². The molecule has 2 N–H and O–H groups in total. The van der Waals surface area contributed by atoms with Crippen LogP contribution in [0.5, 0.6) is 0 Å². The lowest BCUT2D eigenvalue weighted by molar-refractivity contribution is -0.118. The van der Waals surface area contributed by atoms with Crippen molar-refractivity contribution < 1.29 is 14.3 Å². The minimum absolute atomic E-state index is 0.308. The van der Waals surface area contributed by atoms with Gasteiger partial charge in [0.25, 0.3) is 0 Å². The van der Waals surface area contributed by atoms with Crippen LogP contribution in [0.15, 0.2) is 59.1 Å². The Hall–Kier alpha value is -2.34. The number of hydrogen-bond donors (Lipinski definition) is 2. The highest BCUT2D eigenvalue weighted by Crippen LogP contribution is 2.16. The van der Waals surface area contributed by atoms with E-state index >= 15 is 0 Å². The molecular weight excluding hydrogens is 396 g/mol. The van der Waals surface area contributed by atoms with Gasteiger partial charge in [0.2, 0.25) is 5.91 Å². The second-order valence-electron chi connectivity index (χ2n) is 6.89. The molecule has 6 heteroatoms. The van der Waals surface area contributed by atoms with E-state index < -0.39 is 17.7 Å². The molecule has 0 aliphatic rings. The number of anilines is 1. The summed E-state index contributed by atoms with van der Waals surface area (Å²) in [6.07, 6.45) is -0.261. The minimum atomic E-state index is -0.758. The SMILES string of the molecule is CC(C)(C)OC(=O)N[C@@H](Cc1ccccc1)C(=O)Nc1cccc(Br)c1. The zero-order valence-electron chi connectivity index (χ0n) is 15.1. The standard InChI is InChI=1S/C20H23BrN2O3/c1-20(2,3)26-19(25)23-17(12-14-8-5-4-6-9-14)18(24)22-16-11-7-10-15(21)13-16/h4-11,13,17H,12H2,1-3H3,(H,22,24)(H,23,25)/t17-/m0/s1. The molecule has 0 saturated carbocycles. The third kappa shape index (κ3) is 6.88. The molecule has 0 unspecified atom stereocenters. The van der Waals surface area contributed by atoms with Crippen LogP contribution in [0, 0.1) is 0 Å². The van der Waals surface area contributed by atoms with Crippen LogP contribution in [0.2, 0.25) is 0 Å². The molecule has 2 aromatic rings. The molecule has 0 bridgehead atoms. The largest absolute Gasteiger partial charge is 0.444 e. The first kappa shape index (κ1) is 20.0. The molecule has 0 aliphatic carbocycles. The maximum atomic E-state index is 12.7. The van der Waals surface area contributed by atoms with Crippen LogP contribution in [-0.2, 0) is 16.0 Å². The summed E-state index contributed by atoms with van der Waals surface area (Å²) in [5.74, 6) is -0.308. The molecule has 138 valence electrons. The van der Waals surface area contributed by atoms with Crippen LogP contribution in [-0.4, -0.2) is 23.6 Å². The minimum Gasteiger partial charge on any atom is -0.444 e. The van der Waals surface area contributed by atoms with Crippen molar-refractivity contribution in [3.05, 3.63) is 64.6 Å². The second-order valence-corrected chi connectivity index (χ2v) is 7.80. The zero-order chi connectivity index (χ0) is 19.2. The van der Waals surface area contributed by atoms with Crippen molar-refractivity contribution in [2.24, 2.45) is 0 Å². The third-order valence-electron chi connectivity index (χ3n) is 3.38. The van der Waals surface area contributed by atoms with Crippen LogP contribution in [0.1, 0.15) is 26.3 Å². The van der Waals surface area contributed by atoms with Crippen molar-refractivity contribution in [1.82, 2.24) is 5.32 Å². The molecule has 0 aliphatic heterocycles. The van der Waals surface area contributed by atoms with Gasteiger partial charge >= 0.3 is 6.09 Å². The van der Waals surface area contributed by atoms with Crippen molar-refractivity contribution in [3.63, 3.8) is 0 Å². The van der Waals surface area contributed by atoms with E-state index in [9.17, 15) is 9.59 Å². The molecule has 2 aromatic carbocycles. The fourth-order valence-corrected chi connectivity index (χ4v) is 2.70. The molecule has 1 atom stereocenters. The lowest BCUT2D eigenvalue weighted by Crippen LogP contribution is -2.47. The number of amides is 2. The monoisotopic (exact) mass is 418 g/mol. The van der Waals surface area contributed by atoms with Crippen molar-refractivity contribution in [3.8, 4) is 0 Å². The predicted octanol–water partition coefficient (Wildman–Crippen LogP) is 4.52. The van der Waals surface area contributed by atoms with Crippen LogP contribution in [0.3, 0.4) is 0 Å². The summed E-state index contributed by atoms with van der Waals surface area (Å²) in [6.45, 7) is 5.33. The van der Waals surface area contributed by atoms with E-state index in [1.54, 1.807) is 32.9 Å². The number of nitrogens with one attached hydrogen (secondary N) is 2. The molecule has 2 amide bonds. The van der Waals surface area contributed by atoms with E-state index in [0.717, 1.165) is 10.0 Å². The quantitative estimate of drug-likeness (QED) is 0.749. The fraction of sp³-hybridized carbons (Fsp3) is 0.300. The van der Waals surface area contributed by atoms with Gasteiger partial charge in [-0.15, -0.1) is 0 Å². The smallest absolute Gasteiger partial charge is 0.408 e. The van der Waals surface area contributed by atoms with Crippen molar-refractivity contribution in [2.45, 2.75) is 38.8 Å². The maximum Gasteiger partial charge on any atom is 0.408 e. The van der Waals surface area contributed by atoms with Gasteiger partial charge in [0.05, 0.1) is 0 Å². The van der Waals surface area contributed by atoms with E-state index in [1.807, 2.05) is 42.5 Å². The highest BCUT2D eigenvalue weighted by atomic mass is 79.9. The molecule has 26 heavy (non-hydrogen) atoms. The molecule has 0 saturated heterocycles.